The van der Waals surface area contributed by atoms with Crippen molar-refractivity contribution >= 4 is 33.3 Å². The van der Waals surface area contributed by atoms with Gasteiger partial charge >= 0.3 is 0 Å². The smallest absolute Gasteiger partial charge is 0.132 e. The highest BCUT2D eigenvalue weighted by atomic mass is 79.9. The third kappa shape index (κ3) is 2.65. The second-order valence-corrected chi connectivity index (χ2v) is 6.79. The van der Waals surface area contributed by atoms with Gasteiger partial charge in [0.25, 0.3) is 0 Å². The minimum atomic E-state index is -0.0986. The minimum Gasteiger partial charge on any atom is -0.383 e. The normalized spacial score (nSPS) is 11.9. The number of rotatable bonds is 1. The number of aromatic nitrogens is 2. The first-order valence-electron chi connectivity index (χ1n) is 6.02. The molecule has 0 saturated carbocycles. The summed E-state index contributed by atoms with van der Waals surface area (Å²) in [6.45, 7) is 8.29. The quantitative estimate of drug-likeness (QED) is 0.822. The van der Waals surface area contributed by atoms with Gasteiger partial charge in [-0.2, -0.15) is 0 Å². The predicted molar refractivity (Wildman–Crippen MR) is 84.5 cm³/mol. The minimum absolute atomic E-state index is 0.0986. The van der Waals surface area contributed by atoms with E-state index in [9.17, 15) is 0 Å². The molecule has 1 aromatic heterocycles. The zero-order valence-corrected chi connectivity index (χ0v) is 13.8. The number of imidazole rings is 1. The lowest BCUT2D eigenvalue weighted by Gasteiger charge is -2.24. The van der Waals surface area contributed by atoms with Crippen LogP contribution < -0.4 is 5.73 Å². The molecule has 102 valence electrons. The standard InChI is InChI=1S/C14H17BrClN3/c1-8-18-12(13(17)19(8)14(2,3)4)9-5-6-10(15)11(16)7-9/h5-7H,17H2,1-4H3. The lowest BCUT2D eigenvalue weighted by atomic mass is 10.1. The molecule has 0 bridgehead atoms. The molecule has 3 nitrogen and oxygen atoms in total. The third-order valence-electron chi connectivity index (χ3n) is 2.94. The molecular weight excluding hydrogens is 326 g/mol. The van der Waals surface area contributed by atoms with Crippen LogP contribution in [0, 0.1) is 6.92 Å². The molecule has 0 fully saturated rings. The van der Waals surface area contributed by atoms with Gasteiger partial charge in [0.1, 0.15) is 17.3 Å². The average Bonchev–Trinajstić information content (AvgIpc) is 2.57. The summed E-state index contributed by atoms with van der Waals surface area (Å²) in [6.07, 6.45) is 0. The number of hydrogen-bond donors (Lipinski definition) is 1. The van der Waals surface area contributed by atoms with E-state index in [1.165, 1.54) is 0 Å². The fourth-order valence-corrected chi connectivity index (χ4v) is 2.68. The second-order valence-electron chi connectivity index (χ2n) is 5.53. The van der Waals surface area contributed by atoms with Crippen molar-refractivity contribution in [3.8, 4) is 11.3 Å². The highest BCUT2D eigenvalue weighted by Crippen LogP contribution is 2.34. The summed E-state index contributed by atoms with van der Waals surface area (Å²) in [5, 5.41) is 0.653. The van der Waals surface area contributed by atoms with E-state index in [0.717, 1.165) is 21.6 Å². The Kier molecular flexibility index (Phi) is 3.67. The number of anilines is 1. The van der Waals surface area contributed by atoms with Crippen LogP contribution in [-0.4, -0.2) is 9.55 Å². The van der Waals surface area contributed by atoms with Gasteiger partial charge in [0.15, 0.2) is 0 Å². The van der Waals surface area contributed by atoms with Gasteiger partial charge in [-0.1, -0.05) is 17.7 Å². The molecular formula is C14H17BrClN3. The monoisotopic (exact) mass is 341 g/mol. The van der Waals surface area contributed by atoms with Crippen molar-refractivity contribution in [3.05, 3.63) is 33.5 Å². The molecule has 1 aromatic carbocycles. The Hall–Kier alpha value is -1.00. The van der Waals surface area contributed by atoms with Gasteiger partial charge in [-0.25, -0.2) is 4.98 Å². The topological polar surface area (TPSA) is 43.8 Å². The molecule has 2 aromatic rings. The largest absolute Gasteiger partial charge is 0.383 e. The van der Waals surface area contributed by atoms with Crippen molar-refractivity contribution in [1.29, 1.82) is 0 Å². The van der Waals surface area contributed by atoms with Crippen LogP contribution in [0.4, 0.5) is 5.82 Å². The maximum atomic E-state index is 6.26. The molecule has 0 aliphatic heterocycles. The van der Waals surface area contributed by atoms with E-state index < -0.39 is 0 Å². The van der Waals surface area contributed by atoms with Crippen LogP contribution in [0.3, 0.4) is 0 Å². The lowest BCUT2D eigenvalue weighted by molar-refractivity contribution is 0.393. The molecule has 0 unspecified atom stereocenters. The van der Waals surface area contributed by atoms with E-state index in [0.29, 0.717) is 10.8 Å². The first-order valence-corrected chi connectivity index (χ1v) is 7.19. The maximum absolute atomic E-state index is 6.26. The number of nitrogens with two attached hydrogens (primary N) is 1. The first kappa shape index (κ1) is 14.4. The van der Waals surface area contributed by atoms with Crippen molar-refractivity contribution in [2.45, 2.75) is 33.2 Å². The van der Waals surface area contributed by atoms with E-state index in [1.54, 1.807) is 0 Å². The molecule has 1 heterocycles. The van der Waals surface area contributed by atoms with Crippen LogP contribution in [0.25, 0.3) is 11.3 Å². The summed E-state index contributed by atoms with van der Waals surface area (Å²) >= 11 is 9.51. The molecule has 0 radical (unpaired) electrons. The summed E-state index contributed by atoms with van der Waals surface area (Å²) in [5.74, 6) is 1.57. The van der Waals surface area contributed by atoms with Gasteiger partial charge in [0, 0.05) is 15.6 Å². The molecule has 0 aliphatic carbocycles. The Balaban J connectivity index is 2.61. The van der Waals surface area contributed by atoms with Crippen molar-refractivity contribution in [2.75, 3.05) is 5.73 Å². The molecule has 5 heteroatoms. The van der Waals surface area contributed by atoms with Crippen LogP contribution in [0.1, 0.15) is 26.6 Å². The van der Waals surface area contributed by atoms with Crippen molar-refractivity contribution in [1.82, 2.24) is 9.55 Å². The summed E-state index contributed by atoms with van der Waals surface area (Å²) in [5.41, 5.74) is 7.86. The molecule has 0 atom stereocenters. The van der Waals surface area contributed by atoms with Crippen molar-refractivity contribution < 1.29 is 0 Å². The number of aryl methyl sites for hydroxylation is 1. The van der Waals surface area contributed by atoms with E-state index >= 15 is 0 Å². The van der Waals surface area contributed by atoms with E-state index in [1.807, 2.05) is 29.7 Å². The molecule has 0 saturated heterocycles. The van der Waals surface area contributed by atoms with E-state index in [4.69, 9.17) is 17.3 Å². The third-order valence-corrected chi connectivity index (χ3v) is 4.18. The fraction of sp³-hybridized carbons (Fsp3) is 0.357. The van der Waals surface area contributed by atoms with Gasteiger partial charge in [-0.05, 0) is 55.8 Å². The van der Waals surface area contributed by atoms with Gasteiger partial charge in [-0.3, -0.25) is 0 Å². The summed E-state index contributed by atoms with van der Waals surface area (Å²) < 4.78 is 2.90. The Morgan fingerprint density at radius 3 is 2.42 bits per heavy atom. The van der Waals surface area contributed by atoms with Crippen LogP contribution in [0.2, 0.25) is 5.02 Å². The number of hydrogen-bond acceptors (Lipinski definition) is 2. The highest BCUT2D eigenvalue weighted by molar-refractivity contribution is 9.10. The van der Waals surface area contributed by atoms with Crippen molar-refractivity contribution in [3.63, 3.8) is 0 Å². The zero-order chi connectivity index (χ0) is 14.4. The Bertz CT molecular complexity index is 626. The zero-order valence-electron chi connectivity index (χ0n) is 11.5. The Labute approximate surface area is 126 Å². The van der Waals surface area contributed by atoms with Gasteiger partial charge < -0.3 is 10.3 Å². The first-order chi connectivity index (χ1) is 8.71. The fourth-order valence-electron chi connectivity index (χ4n) is 2.25. The van der Waals surface area contributed by atoms with E-state index in [2.05, 4.69) is 41.7 Å². The van der Waals surface area contributed by atoms with Crippen LogP contribution >= 0.6 is 27.5 Å². The van der Waals surface area contributed by atoms with Crippen molar-refractivity contribution in [2.24, 2.45) is 0 Å². The highest BCUT2D eigenvalue weighted by Gasteiger charge is 2.22. The van der Waals surface area contributed by atoms with Gasteiger partial charge in [-0.15, -0.1) is 0 Å². The van der Waals surface area contributed by atoms with Crippen LogP contribution in [0.15, 0.2) is 22.7 Å². The molecule has 19 heavy (non-hydrogen) atoms. The van der Waals surface area contributed by atoms with Gasteiger partial charge in [0.05, 0.1) is 5.02 Å². The van der Waals surface area contributed by atoms with Crippen LogP contribution in [-0.2, 0) is 5.54 Å². The molecule has 0 aliphatic rings. The SMILES string of the molecule is Cc1nc(-c2ccc(Br)c(Cl)c2)c(N)n1C(C)(C)C. The van der Waals surface area contributed by atoms with Crippen LogP contribution in [0.5, 0.6) is 0 Å². The lowest BCUT2D eigenvalue weighted by Crippen LogP contribution is -2.24. The number of nitrogens with zero attached hydrogens (tertiary/aromatic N) is 2. The average molecular weight is 343 g/mol. The number of nitrogen functional groups attached to an aromatic ring is 1. The summed E-state index contributed by atoms with van der Waals surface area (Å²) in [7, 11) is 0. The second kappa shape index (κ2) is 4.84. The molecule has 2 rings (SSSR count). The summed E-state index contributed by atoms with van der Waals surface area (Å²) in [6, 6.07) is 5.74. The van der Waals surface area contributed by atoms with Gasteiger partial charge in [0.2, 0.25) is 0 Å². The van der Waals surface area contributed by atoms with E-state index in [-0.39, 0.29) is 5.54 Å². The Morgan fingerprint density at radius 2 is 1.95 bits per heavy atom. The number of benzene rings is 1. The maximum Gasteiger partial charge on any atom is 0.132 e. The number of halogens is 2. The predicted octanol–water partition coefficient (Wildman–Crippen LogP) is 4.61. The summed E-state index contributed by atoms with van der Waals surface area (Å²) in [4.78, 5) is 4.58. The molecule has 0 spiro atoms. The molecule has 2 N–H and O–H groups in total. The molecule has 0 amide bonds. The Morgan fingerprint density at radius 1 is 1.32 bits per heavy atom.